The van der Waals surface area contributed by atoms with E-state index >= 15 is 0 Å². The number of alkyl carbamates (subject to hydrolysis) is 1. The molecule has 10 nitrogen and oxygen atoms in total. The summed E-state index contributed by atoms with van der Waals surface area (Å²) in [6.07, 6.45) is 5.26. The number of unbranched alkanes of at least 4 members (excludes halogenated alkanes) is 2. The first-order valence-corrected chi connectivity index (χ1v) is 16.9. The molecule has 0 saturated heterocycles. The van der Waals surface area contributed by atoms with E-state index in [4.69, 9.17) is 19.0 Å². The first kappa shape index (κ1) is 32.2. The SMILES string of the molecule is CCCCCC(C)n1nc(-c2csc(COC(=O)NCCCOS(C)(=O)=O)n2)c2cc(OSC(C)(C)C)ccc21. The van der Waals surface area contributed by atoms with Crippen molar-refractivity contribution in [3.05, 3.63) is 28.6 Å². The molecule has 1 amide bonds. The Bertz CT molecular complexity index is 1360. The minimum Gasteiger partial charge on any atom is -0.442 e. The van der Waals surface area contributed by atoms with Crippen molar-refractivity contribution in [2.45, 2.75) is 84.1 Å². The second-order valence-electron chi connectivity index (χ2n) is 10.6. The van der Waals surface area contributed by atoms with Crippen molar-refractivity contribution in [3.63, 3.8) is 0 Å². The first-order valence-electron chi connectivity index (χ1n) is 13.4. The third-order valence-corrected chi connectivity index (χ3v) is 7.91. The molecule has 0 aliphatic carbocycles. The Hall–Kier alpha value is -2.35. The van der Waals surface area contributed by atoms with Crippen molar-refractivity contribution < 1.29 is 26.3 Å². The Kier molecular flexibility index (Phi) is 11.7. The fraction of sp³-hybridized carbons (Fsp3) is 0.593. The number of amides is 1. The van der Waals surface area contributed by atoms with Crippen molar-refractivity contribution in [1.82, 2.24) is 20.1 Å². The lowest BCUT2D eigenvalue weighted by atomic mass is 10.1. The van der Waals surface area contributed by atoms with Crippen LogP contribution in [-0.4, -0.2) is 53.4 Å². The van der Waals surface area contributed by atoms with E-state index in [0.717, 1.165) is 41.4 Å². The highest BCUT2D eigenvalue weighted by molar-refractivity contribution is 7.96. The molecule has 222 valence electrons. The zero-order valence-corrected chi connectivity index (χ0v) is 26.5. The van der Waals surface area contributed by atoms with E-state index in [1.165, 1.54) is 36.2 Å². The smallest absolute Gasteiger partial charge is 0.407 e. The van der Waals surface area contributed by atoms with Crippen LogP contribution in [0.1, 0.15) is 77.8 Å². The van der Waals surface area contributed by atoms with Gasteiger partial charge in [0.15, 0.2) is 0 Å². The van der Waals surface area contributed by atoms with Gasteiger partial charge in [0.2, 0.25) is 0 Å². The lowest BCUT2D eigenvalue weighted by Crippen LogP contribution is -2.26. The van der Waals surface area contributed by atoms with Crippen LogP contribution in [0.25, 0.3) is 22.3 Å². The number of hydrogen-bond acceptors (Lipinski definition) is 10. The number of nitrogens with zero attached hydrogens (tertiary/aromatic N) is 3. The number of thiazole rings is 1. The van der Waals surface area contributed by atoms with Crippen molar-refractivity contribution in [2.24, 2.45) is 0 Å². The molecular weight excluding hydrogens is 573 g/mol. The van der Waals surface area contributed by atoms with Crippen LogP contribution in [0.3, 0.4) is 0 Å². The van der Waals surface area contributed by atoms with Crippen LogP contribution in [0.15, 0.2) is 23.6 Å². The standard InChI is InChI=1S/C27H40N4O6S3/c1-7-8-9-11-19(2)31-23-13-12-20(37-39-27(3,4)5)16-21(23)25(30-31)22-18-38-24(29-22)17-35-26(32)28-14-10-15-36-40(6,33)34/h12-13,16,18-19H,7-11,14-15,17H2,1-6H3,(H,28,32). The Morgan fingerprint density at radius 3 is 2.70 bits per heavy atom. The predicted octanol–water partition coefficient (Wildman–Crippen LogP) is 6.72. The van der Waals surface area contributed by atoms with Gasteiger partial charge in [-0.15, -0.1) is 11.3 Å². The molecule has 2 heterocycles. The highest BCUT2D eigenvalue weighted by Gasteiger charge is 2.20. The van der Waals surface area contributed by atoms with Gasteiger partial charge in [0.05, 0.1) is 30.4 Å². The molecule has 1 N–H and O–H groups in total. The Morgan fingerprint density at radius 2 is 2.00 bits per heavy atom. The number of fused-ring (bicyclic) bond motifs is 1. The summed E-state index contributed by atoms with van der Waals surface area (Å²) in [5.41, 5.74) is 2.51. The molecule has 3 rings (SSSR count). The van der Waals surface area contributed by atoms with E-state index in [-0.39, 0.29) is 30.5 Å². The van der Waals surface area contributed by atoms with E-state index < -0.39 is 16.2 Å². The Labute approximate surface area is 245 Å². The van der Waals surface area contributed by atoms with E-state index in [1.807, 2.05) is 17.5 Å². The monoisotopic (exact) mass is 612 g/mol. The molecule has 2 aromatic heterocycles. The van der Waals surface area contributed by atoms with Gasteiger partial charge in [-0.2, -0.15) is 13.5 Å². The summed E-state index contributed by atoms with van der Waals surface area (Å²) in [6, 6.07) is 6.28. The Morgan fingerprint density at radius 1 is 1.23 bits per heavy atom. The largest absolute Gasteiger partial charge is 0.442 e. The van der Waals surface area contributed by atoms with Crippen LogP contribution in [0.2, 0.25) is 0 Å². The molecule has 13 heteroatoms. The summed E-state index contributed by atoms with van der Waals surface area (Å²) in [5.74, 6) is 0.754. The number of rotatable bonds is 15. The third-order valence-electron chi connectivity index (χ3n) is 5.72. The van der Waals surface area contributed by atoms with Crippen molar-refractivity contribution in [3.8, 4) is 17.1 Å². The maximum atomic E-state index is 12.0. The third kappa shape index (κ3) is 10.2. The number of benzene rings is 1. The molecule has 0 aliphatic rings. The van der Waals surface area contributed by atoms with Crippen molar-refractivity contribution in [1.29, 1.82) is 0 Å². The summed E-state index contributed by atoms with van der Waals surface area (Å²) < 4.78 is 39.9. The molecular formula is C27H40N4O6S3. The fourth-order valence-electron chi connectivity index (χ4n) is 3.82. The van der Waals surface area contributed by atoms with Crippen molar-refractivity contribution in [2.75, 3.05) is 19.4 Å². The summed E-state index contributed by atoms with van der Waals surface area (Å²) >= 11 is 2.81. The average Bonchev–Trinajstić information content (AvgIpc) is 3.49. The van der Waals surface area contributed by atoms with Crippen LogP contribution in [0.4, 0.5) is 4.79 Å². The molecule has 0 radical (unpaired) electrons. The summed E-state index contributed by atoms with van der Waals surface area (Å²) in [6.45, 7) is 10.9. The highest BCUT2D eigenvalue weighted by atomic mass is 32.2. The zero-order chi connectivity index (χ0) is 29.3. The second-order valence-corrected chi connectivity index (χ2v) is 14.7. The maximum Gasteiger partial charge on any atom is 0.407 e. The fourth-order valence-corrected chi connectivity index (χ4v) is 5.38. The molecule has 0 fully saturated rings. The summed E-state index contributed by atoms with van der Waals surface area (Å²) in [7, 11) is -3.49. The number of nitrogens with one attached hydrogen (secondary N) is 1. The van der Waals surface area contributed by atoms with Crippen LogP contribution in [0, 0.1) is 0 Å². The first-order chi connectivity index (χ1) is 18.9. The van der Waals surface area contributed by atoms with Gasteiger partial charge in [0.25, 0.3) is 10.1 Å². The Balaban J connectivity index is 1.73. The second kappa shape index (κ2) is 14.5. The van der Waals surface area contributed by atoms with Gasteiger partial charge in [-0.25, -0.2) is 9.78 Å². The maximum absolute atomic E-state index is 12.0. The predicted molar refractivity (Wildman–Crippen MR) is 161 cm³/mol. The zero-order valence-electron chi connectivity index (χ0n) is 24.1. The normalized spacial score (nSPS) is 12.9. The van der Waals surface area contributed by atoms with Gasteiger partial charge in [0.1, 0.15) is 28.8 Å². The van der Waals surface area contributed by atoms with Crippen LogP contribution in [0.5, 0.6) is 5.75 Å². The van der Waals surface area contributed by atoms with Gasteiger partial charge >= 0.3 is 6.09 Å². The molecule has 1 atom stereocenters. The lowest BCUT2D eigenvalue weighted by Gasteiger charge is -2.16. The van der Waals surface area contributed by atoms with E-state index in [1.54, 1.807) is 0 Å². The molecule has 3 aromatic rings. The average molecular weight is 613 g/mol. The van der Waals surface area contributed by atoms with Gasteiger partial charge in [-0.1, -0.05) is 26.2 Å². The van der Waals surface area contributed by atoms with Crippen LogP contribution >= 0.6 is 23.4 Å². The molecule has 0 saturated carbocycles. The van der Waals surface area contributed by atoms with Gasteiger partial charge in [0, 0.05) is 28.1 Å². The van der Waals surface area contributed by atoms with E-state index in [2.05, 4.69) is 54.9 Å². The summed E-state index contributed by atoms with van der Waals surface area (Å²) in [4.78, 5) is 16.7. The van der Waals surface area contributed by atoms with E-state index in [0.29, 0.717) is 17.1 Å². The van der Waals surface area contributed by atoms with Crippen LogP contribution < -0.4 is 9.50 Å². The van der Waals surface area contributed by atoms with Gasteiger partial charge in [-0.3, -0.25) is 8.86 Å². The van der Waals surface area contributed by atoms with Crippen molar-refractivity contribution >= 4 is 50.5 Å². The van der Waals surface area contributed by atoms with E-state index in [9.17, 15) is 13.2 Å². The number of carbonyl (C=O) groups is 1. The molecule has 1 aromatic carbocycles. The topological polar surface area (TPSA) is 122 Å². The van der Waals surface area contributed by atoms with Gasteiger partial charge < -0.3 is 14.2 Å². The molecule has 0 aliphatic heterocycles. The quantitative estimate of drug-likeness (QED) is 0.113. The molecule has 40 heavy (non-hydrogen) atoms. The number of ether oxygens (including phenoxy) is 1. The number of carbonyl (C=O) groups excluding carboxylic acids is 1. The highest BCUT2D eigenvalue weighted by Crippen LogP contribution is 2.36. The molecule has 0 bridgehead atoms. The lowest BCUT2D eigenvalue weighted by molar-refractivity contribution is 0.139. The van der Waals surface area contributed by atoms with Crippen LogP contribution in [-0.2, 0) is 25.6 Å². The molecule has 1 unspecified atom stereocenters. The van der Waals surface area contributed by atoms with Gasteiger partial charge in [-0.05, 0) is 58.7 Å². The molecule has 0 spiro atoms. The minimum absolute atomic E-state index is 0.00553. The number of aromatic nitrogens is 3. The number of hydrogen-bond donors (Lipinski definition) is 1. The minimum atomic E-state index is -3.49. The summed E-state index contributed by atoms with van der Waals surface area (Å²) in [5, 5.41) is 11.1.